The standard InChI is InChI=1S/C64H125N2O6P/c1-6-8-10-12-14-16-18-20-22-23-24-25-26-27-28-29-30-31-32-33-34-35-36-37-38-39-40-41-42-43-44-46-48-50-52-54-56-58-64(68)65-62(61-72-73(69,70)71-60-59-66(3,4)5)63(67)57-55-53-51-49-47-45-21-19-17-15-13-11-9-7-2/h23-24,47,49,55,57,62-63,67H,6-22,25-46,48,50-54,56,58-61H2,1-5H3,(H-,65,68,69,70)/b24-23-,49-47+,57-55+. The Morgan fingerprint density at radius 3 is 1.11 bits per heavy atom. The number of allylic oxidation sites excluding steroid dienone is 5. The Bertz CT molecular complexity index is 1280. The molecule has 0 spiro atoms. The minimum atomic E-state index is -4.60. The summed E-state index contributed by atoms with van der Waals surface area (Å²) in [5.41, 5.74) is 0. The highest BCUT2D eigenvalue weighted by Crippen LogP contribution is 2.38. The Labute approximate surface area is 455 Å². The van der Waals surface area contributed by atoms with Crippen LogP contribution in [0.4, 0.5) is 0 Å². The first kappa shape index (κ1) is 71.7. The van der Waals surface area contributed by atoms with Gasteiger partial charge in [-0.05, 0) is 57.8 Å². The van der Waals surface area contributed by atoms with E-state index in [-0.39, 0.29) is 19.1 Å². The lowest BCUT2D eigenvalue weighted by Crippen LogP contribution is -2.45. The van der Waals surface area contributed by atoms with E-state index < -0.39 is 20.0 Å². The van der Waals surface area contributed by atoms with Crippen LogP contribution in [-0.2, 0) is 18.4 Å². The fraction of sp³-hybridized carbons (Fsp3) is 0.891. The number of amides is 1. The fourth-order valence-electron chi connectivity index (χ4n) is 9.58. The Morgan fingerprint density at radius 2 is 0.767 bits per heavy atom. The number of phosphoric ester groups is 1. The van der Waals surface area contributed by atoms with Crippen LogP contribution in [0, 0.1) is 0 Å². The van der Waals surface area contributed by atoms with Gasteiger partial charge < -0.3 is 28.8 Å². The zero-order valence-corrected chi connectivity index (χ0v) is 50.3. The summed E-state index contributed by atoms with van der Waals surface area (Å²) in [6, 6.07) is -0.901. The van der Waals surface area contributed by atoms with Crippen molar-refractivity contribution >= 4 is 13.7 Å². The van der Waals surface area contributed by atoms with Crippen molar-refractivity contribution < 1.29 is 32.9 Å². The molecule has 8 nitrogen and oxygen atoms in total. The molecule has 3 unspecified atom stereocenters. The minimum Gasteiger partial charge on any atom is -0.756 e. The number of rotatable bonds is 59. The number of hydrogen-bond acceptors (Lipinski definition) is 6. The molecule has 0 bridgehead atoms. The van der Waals surface area contributed by atoms with Gasteiger partial charge in [-0.3, -0.25) is 9.36 Å². The number of carbonyl (C=O) groups is 1. The first-order valence-electron chi connectivity index (χ1n) is 31.9. The summed E-state index contributed by atoms with van der Waals surface area (Å²) in [5.74, 6) is -0.202. The molecule has 9 heteroatoms. The molecule has 0 rings (SSSR count). The highest BCUT2D eigenvalue weighted by molar-refractivity contribution is 7.45. The largest absolute Gasteiger partial charge is 0.756 e. The van der Waals surface area contributed by atoms with Crippen LogP contribution in [0.3, 0.4) is 0 Å². The van der Waals surface area contributed by atoms with Crippen molar-refractivity contribution in [3.05, 3.63) is 36.5 Å². The average molecular weight is 1050 g/mol. The van der Waals surface area contributed by atoms with E-state index in [4.69, 9.17) is 9.05 Å². The number of phosphoric acid groups is 1. The number of aliphatic hydroxyl groups excluding tert-OH is 1. The first-order chi connectivity index (χ1) is 35.5. The van der Waals surface area contributed by atoms with Crippen LogP contribution in [0.25, 0.3) is 0 Å². The van der Waals surface area contributed by atoms with Crippen LogP contribution in [0.15, 0.2) is 36.5 Å². The molecule has 0 radical (unpaired) electrons. The van der Waals surface area contributed by atoms with Crippen molar-refractivity contribution in [2.45, 2.75) is 328 Å². The van der Waals surface area contributed by atoms with Gasteiger partial charge in [-0.1, -0.05) is 288 Å². The highest BCUT2D eigenvalue weighted by Gasteiger charge is 2.23. The quantitative estimate of drug-likeness (QED) is 0.0272. The van der Waals surface area contributed by atoms with Gasteiger partial charge in [0.1, 0.15) is 13.2 Å². The third kappa shape index (κ3) is 58.2. The summed E-state index contributed by atoms with van der Waals surface area (Å²) in [6.45, 7) is 4.65. The molecule has 2 N–H and O–H groups in total. The Kier molecular flexibility index (Phi) is 54.5. The second kappa shape index (κ2) is 55.5. The summed E-state index contributed by atoms with van der Waals surface area (Å²) < 4.78 is 23.3. The van der Waals surface area contributed by atoms with E-state index in [1.54, 1.807) is 6.08 Å². The predicted octanol–water partition coefficient (Wildman–Crippen LogP) is 19.1. The van der Waals surface area contributed by atoms with Crippen molar-refractivity contribution in [3.8, 4) is 0 Å². The number of carbonyl (C=O) groups excluding carboxylic acids is 1. The number of aliphatic hydroxyl groups is 1. The normalized spacial score (nSPS) is 14.0. The molecule has 0 aromatic heterocycles. The van der Waals surface area contributed by atoms with Crippen molar-refractivity contribution in [2.75, 3.05) is 40.9 Å². The van der Waals surface area contributed by atoms with E-state index >= 15 is 0 Å². The zero-order valence-electron chi connectivity index (χ0n) is 49.4. The molecule has 0 aromatic rings. The summed E-state index contributed by atoms with van der Waals surface area (Å²) in [7, 11) is 1.25. The SMILES string of the molecule is CCCCCCCCCC/C=C\CCCCCCCCCCCCCCCCCCCCCCCCCCCC(=O)NC(COP(=O)([O-])OCC[N+](C)(C)C)C(O)/C=C/CC/C=C/CCCCCCCCCC. The van der Waals surface area contributed by atoms with Gasteiger partial charge in [-0.15, -0.1) is 0 Å². The van der Waals surface area contributed by atoms with Gasteiger partial charge in [0.05, 0.1) is 39.9 Å². The van der Waals surface area contributed by atoms with Crippen molar-refractivity contribution in [2.24, 2.45) is 0 Å². The Balaban J connectivity index is 3.92. The van der Waals surface area contributed by atoms with Crippen molar-refractivity contribution in [1.29, 1.82) is 0 Å². The van der Waals surface area contributed by atoms with Crippen LogP contribution >= 0.6 is 7.82 Å². The summed E-state index contributed by atoms with van der Waals surface area (Å²) in [6.07, 6.45) is 72.7. The number of hydrogen-bond donors (Lipinski definition) is 2. The summed E-state index contributed by atoms with van der Waals surface area (Å²) in [4.78, 5) is 25.5. The molecular weight excluding hydrogens is 924 g/mol. The molecule has 432 valence electrons. The average Bonchev–Trinajstić information content (AvgIpc) is 3.35. The lowest BCUT2D eigenvalue weighted by molar-refractivity contribution is -0.870. The molecule has 0 aliphatic carbocycles. The first-order valence-corrected chi connectivity index (χ1v) is 33.3. The number of quaternary nitrogens is 1. The molecule has 0 aliphatic heterocycles. The summed E-state index contributed by atoms with van der Waals surface area (Å²) >= 11 is 0. The van der Waals surface area contributed by atoms with Gasteiger partial charge in [0.15, 0.2) is 0 Å². The van der Waals surface area contributed by atoms with E-state index in [1.165, 1.54) is 257 Å². The maximum atomic E-state index is 13.0. The molecule has 0 aliphatic rings. The van der Waals surface area contributed by atoms with Gasteiger partial charge in [0, 0.05) is 6.42 Å². The van der Waals surface area contributed by atoms with E-state index in [0.717, 1.165) is 38.5 Å². The van der Waals surface area contributed by atoms with Gasteiger partial charge >= 0.3 is 0 Å². The highest BCUT2D eigenvalue weighted by atomic mass is 31.2. The second-order valence-electron chi connectivity index (χ2n) is 23.1. The van der Waals surface area contributed by atoms with E-state index in [0.29, 0.717) is 17.4 Å². The van der Waals surface area contributed by atoms with E-state index in [9.17, 15) is 19.4 Å². The molecular formula is C64H125N2O6P. The minimum absolute atomic E-state index is 0.00462. The smallest absolute Gasteiger partial charge is 0.268 e. The monoisotopic (exact) mass is 1050 g/mol. The molecule has 0 aromatic carbocycles. The van der Waals surface area contributed by atoms with Gasteiger partial charge in [0.2, 0.25) is 5.91 Å². The molecule has 3 atom stereocenters. The molecule has 1 amide bonds. The van der Waals surface area contributed by atoms with E-state index in [1.807, 2.05) is 27.2 Å². The van der Waals surface area contributed by atoms with Gasteiger partial charge in [-0.2, -0.15) is 0 Å². The van der Waals surface area contributed by atoms with Crippen molar-refractivity contribution in [3.63, 3.8) is 0 Å². The maximum absolute atomic E-state index is 13.0. The zero-order chi connectivity index (χ0) is 53.5. The van der Waals surface area contributed by atoms with Crippen LogP contribution in [0.1, 0.15) is 316 Å². The number of nitrogens with one attached hydrogen (secondary N) is 1. The van der Waals surface area contributed by atoms with Crippen LogP contribution < -0.4 is 10.2 Å². The predicted molar refractivity (Wildman–Crippen MR) is 316 cm³/mol. The fourth-order valence-corrected chi connectivity index (χ4v) is 10.3. The van der Waals surface area contributed by atoms with Crippen LogP contribution in [0.5, 0.6) is 0 Å². The van der Waals surface area contributed by atoms with Crippen LogP contribution in [-0.4, -0.2) is 68.5 Å². The van der Waals surface area contributed by atoms with Crippen LogP contribution in [0.2, 0.25) is 0 Å². The molecule has 0 fully saturated rings. The van der Waals surface area contributed by atoms with Gasteiger partial charge in [0.25, 0.3) is 7.82 Å². The third-order valence-corrected chi connectivity index (χ3v) is 15.5. The maximum Gasteiger partial charge on any atom is 0.268 e. The second-order valence-corrected chi connectivity index (χ2v) is 24.5. The van der Waals surface area contributed by atoms with Gasteiger partial charge in [-0.25, -0.2) is 0 Å². The Hall–Kier alpha value is -1.28. The third-order valence-electron chi connectivity index (χ3n) is 14.6. The Morgan fingerprint density at radius 1 is 0.466 bits per heavy atom. The van der Waals surface area contributed by atoms with E-state index in [2.05, 4.69) is 43.5 Å². The number of likely N-dealkylation sites (N-methyl/N-ethyl adjacent to an activating group) is 1. The number of unbranched alkanes of at least 4 members (excludes halogenated alkanes) is 42. The molecule has 0 heterocycles. The molecule has 73 heavy (non-hydrogen) atoms. The molecule has 0 saturated carbocycles. The number of nitrogens with zero attached hydrogens (tertiary/aromatic N) is 1. The summed E-state index contributed by atoms with van der Waals surface area (Å²) in [5, 5.41) is 13.8. The molecule has 0 saturated heterocycles. The lowest BCUT2D eigenvalue weighted by atomic mass is 10.0. The topological polar surface area (TPSA) is 108 Å². The van der Waals surface area contributed by atoms with Crippen molar-refractivity contribution in [1.82, 2.24) is 5.32 Å². The lowest BCUT2D eigenvalue weighted by Gasteiger charge is -2.29.